The van der Waals surface area contributed by atoms with E-state index in [4.69, 9.17) is 9.84 Å². The molecule has 0 radical (unpaired) electrons. The second-order valence-electron chi connectivity index (χ2n) is 8.18. The average Bonchev–Trinajstić information content (AvgIpc) is 3.13. The van der Waals surface area contributed by atoms with E-state index in [1.807, 2.05) is 13.0 Å². The number of nitrogens with one attached hydrogen (secondary N) is 1. The highest BCUT2D eigenvalue weighted by atomic mass is 32.2. The number of nitrogens with zero attached hydrogens (tertiary/aromatic N) is 3. The number of aliphatic hydroxyl groups excluding tert-OH is 1. The SMILES string of the molecule is CCCOc1ccc(S(=O)(=O)N(CC)CCCO)cc1-c1cc2c(CCC)nn(C)c2c(=O)[nH]1. The van der Waals surface area contributed by atoms with Crippen LogP contribution in [0.15, 0.2) is 34.0 Å². The number of pyridine rings is 1. The lowest BCUT2D eigenvalue weighted by Gasteiger charge is -2.21. The van der Waals surface area contributed by atoms with Crippen LogP contribution in [0.3, 0.4) is 0 Å². The molecule has 2 aromatic heterocycles. The first-order valence-corrected chi connectivity index (χ1v) is 13.2. The maximum absolute atomic E-state index is 13.3. The van der Waals surface area contributed by atoms with Crippen LogP contribution in [-0.2, 0) is 23.5 Å². The van der Waals surface area contributed by atoms with Crippen LogP contribution in [0.4, 0.5) is 0 Å². The second kappa shape index (κ2) is 11.2. The molecular weight excluding hydrogens is 456 g/mol. The topological polar surface area (TPSA) is 118 Å². The molecule has 0 bridgehead atoms. The normalized spacial score (nSPS) is 12.1. The summed E-state index contributed by atoms with van der Waals surface area (Å²) in [6, 6.07) is 6.56. The molecule has 3 rings (SSSR count). The summed E-state index contributed by atoms with van der Waals surface area (Å²) in [5, 5.41) is 14.4. The zero-order valence-corrected chi connectivity index (χ0v) is 21.1. The maximum atomic E-state index is 13.3. The van der Waals surface area contributed by atoms with Gasteiger partial charge >= 0.3 is 0 Å². The summed E-state index contributed by atoms with van der Waals surface area (Å²) in [7, 11) is -2.06. The molecular formula is C24H34N4O5S. The molecule has 10 heteroatoms. The number of benzene rings is 1. The molecule has 186 valence electrons. The summed E-state index contributed by atoms with van der Waals surface area (Å²) in [6.07, 6.45) is 2.74. The van der Waals surface area contributed by atoms with Gasteiger partial charge in [-0.1, -0.05) is 27.2 Å². The van der Waals surface area contributed by atoms with Crippen molar-refractivity contribution in [2.75, 3.05) is 26.3 Å². The van der Waals surface area contributed by atoms with Crippen LogP contribution in [0, 0.1) is 0 Å². The van der Waals surface area contributed by atoms with Crippen molar-refractivity contribution >= 4 is 20.9 Å². The average molecular weight is 491 g/mol. The van der Waals surface area contributed by atoms with Gasteiger partial charge in [-0.25, -0.2) is 8.42 Å². The molecule has 9 nitrogen and oxygen atoms in total. The Hall–Kier alpha value is -2.69. The minimum absolute atomic E-state index is 0.0898. The van der Waals surface area contributed by atoms with Gasteiger partial charge in [0.05, 0.1) is 22.9 Å². The smallest absolute Gasteiger partial charge is 0.274 e. The molecule has 0 fully saturated rings. The van der Waals surface area contributed by atoms with E-state index in [0.29, 0.717) is 35.6 Å². The van der Waals surface area contributed by atoms with Crippen molar-refractivity contribution < 1.29 is 18.3 Å². The summed E-state index contributed by atoms with van der Waals surface area (Å²) in [6.45, 7) is 6.67. The van der Waals surface area contributed by atoms with Gasteiger partial charge in [0.1, 0.15) is 11.3 Å². The third-order valence-corrected chi connectivity index (χ3v) is 7.63. The quantitative estimate of drug-likeness (QED) is 0.403. The number of ether oxygens (including phenoxy) is 1. The number of rotatable bonds is 12. The van der Waals surface area contributed by atoms with E-state index in [9.17, 15) is 13.2 Å². The zero-order valence-electron chi connectivity index (χ0n) is 20.3. The number of hydrogen-bond donors (Lipinski definition) is 2. The summed E-state index contributed by atoms with van der Waals surface area (Å²) >= 11 is 0. The van der Waals surface area contributed by atoms with Gasteiger partial charge in [0, 0.05) is 37.7 Å². The summed E-state index contributed by atoms with van der Waals surface area (Å²) in [5.74, 6) is 0.495. The molecule has 0 amide bonds. The van der Waals surface area contributed by atoms with Crippen LogP contribution in [0.25, 0.3) is 22.2 Å². The van der Waals surface area contributed by atoms with Crippen LogP contribution in [0.2, 0.25) is 0 Å². The molecule has 0 saturated heterocycles. The molecule has 2 heterocycles. The lowest BCUT2D eigenvalue weighted by Crippen LogP contribution is -2.32. The van der Waals surface area contributed by atoms with Crippen LogP contribution in [0.1, 0.15) is 45.7 Å². The predicted molar refractivity (Wildman–Crippen MR) is 133 cm³/mol. The Morgan fingerprint density at radius 3 is 2.59 bits per heavy atom. The number of sulfonamides is 1. The molecule has 0 aliphatic heterocycles. The van der Waals surface area contributed by atoms with Gasteiger partial charge in [0.2, 0.25) is 10.0 Å². The Morgan fingerprint density at radius 2 is 1.94 bits per heavy atom. The number of H-pyrrole nitrogens is 1. The molecule has 0 atom stereocenters. The molecule has 3 aromatic rings. The van der Waals surface area contributed by atoms with Crippen LogP contribution in [0.5, 0.6) is 5.75 Å². The van der Waals surface area contributed by atoms with E-state index in [-0.39, 0.29) is 30.2 Å². The molecule has 0 saturated carbocycles. The first kappa shape index (κ1) is 25.9. The summed E-state index contributed by atoms with van der Waals surface area (Å²) in [4.78, 5) is 16.0. The molecule has 1 aromatic carbocycles. The van der Waals surface area contributed by atoms with Crippen molar-refractivity contribution in [3.05, 3.63) is 40.3 Å². The van der Waals surface area contributed by atoms with Crippen molar-refractivity contribution in [3.8, 4) is 17.0 Å². The van der Waals surface area contributed by atoms with Crippen molar-refractivity contribution in [1.82, 2.24) is 19.1 Å². The highest BCUT2D eigenvalue weighted by Crippen LogP contribution is 2.33. The number of aromatic amines is 1. The van der Waals surface area contributed by atoms with Gasteiger partial charge in [-0.05, 0) is 43.5 Å². The first-order chi connectivity index (χ1) is 16.3. The first-order valence-electron chi connectivity index (χ1n) is 11.8. The highest BCUT2D eigenvalue weighted by molar-refractivity contribution is 7.89. The van der Waals surface area contributed by atoms with Gasteiger partial charge in [0.15, 0.2) is 0 Å². The van der Waals surface area contributed by atoms with Gasteiger partial charge in [0.25, 0.3) is 5.56 Å². The van der Waals surface area contributed by atoms with Gasteiger partial charge in [-0.2, -0.15) is 9.40 Å². The van der Waals surface area contributed by atoms with Crippen LogP contribution in [-0.4, -0.2) is 58.9 Å². The van der Waals surface area contributed by atoms with Gasteiger partial charge in [-0.3, -0.25) is 9.48 Å². The van der Waals surface area contributed by atoms with E-state index in [1.54, 1.807) is 30.8 Å². The number of aryl methyl sites for hydroxylation is 2. The van der Waals surface area contributed by atoms with E-state index in [1.165, 1.54) is 10.4 Å². The lowest BCUT2D eigenvalue weighted by molar-refractivity contribution is 0.271. The van der Waals surface area contributed by atoms with E-state index >= 15 is 0 Å². The van der Waals surface area contributed by atoms with E-state index in [2.05, 4.69) is 17.0 Å². The number of fused-ring (bicyclic) bond motifs is 1. The van der Waals surface area contributed by atoms with Crippen molar-refractivity contribution in [2.24, 2.45) is 7.05 Å². The number of aromatic nitrogens is 3. The Bertz CT molecular complexity index is 1300. The molecule has 2 N–H and O–H groups in total. The van der Waals surface area contributed by atoms with Crippen molar-refractivity contribution in [3.63, 3.8) is 0 Å². The molecule has 34 heavy (non-hydrogen) atoms. The third kappa shape index (κ3) is 5.18. The van der Waals surface area contributed by atoms with Crippen molar-refractivity contribution in [2.45, 2.75) is 51.3 Å². The molecule has 0 aliphatic rings. The minimum atomic E-state index is -3.80. The fourth-order valence-corrected chi connectivity index (χ4v) is 5.52. The zero-order chi connectivity index (χ0) is 24.9. The molecule has 0 unspecified atom stereocenters. The standard InChI is InChI=1S/C24H34N4O5S/c1-5-9-20-19-16-21(25-24(30)23(19)27(4)26-20)18-15-17(10-11-22(18)33-14-6-2)34(31,32)28(7-3)12-8-13-29/h10-11,15-16,29H,5-9,12-14H2,1-4H3,(H,25,30). The maximum Gasteiger partial charge on any atom is 0.274 e. The highest BCUT2D eigenvalue weighted by Gasteiger charge is 2.25. The minimum Gasteiger partial charge on any atom is -0.493 e. The largest absolute Gasteiger partial charge is 0.493 e. The Kier molecular flexibility index (Phi) is 8.51. The fraction of sp³-hybridized carbons (Fsp3) is 0.500. The van der Waals surface area contributed by atoms with Crippen molar-refractivity contribution in [1.29, 1.82) is 0 Å². The van der Waals surface area contributed by atoms with E-state index < -0.39 is 10.0 Å². The number of aliphatic hydroxyl groups is 1. The Balaban J connectivity index is 2.20. The Labute approximate surface area is 200 Å². The second-order valence-corrected chi connectivity index (χ2v) is 10.1. The monoisotopic (exact) mass is 490 g/mol. The Morgan fingerprint density at radius 1 is 1.18 bits per heavy atom. The molecule has 0 aliphatic carbocycles. The lowest BCUT2D eigenvalue weighted by atomic mass is 10.1. The number of hydrogen-bond acceptors (Lipinski definition) is 6. The van der Waals surface area contributed by atoms with E-state index in [0.717, 1.165) is 30.3 Å². The summed E-state index contributed by atoms with van der Waals surface area (Å²) in [5.41, 5.74) is 1.99. The van der Waals surface area contributed by atoms with Crippen LogP contribution < -0.4 is 10.3 Å². The van der Waals surface area contributed by atoms with Gasteiger partial charge in [-0.15, -0.1) is 0 Å². The third-order valence-electron chi connectivity index (χ3n) is 5.66. The molecule has 0 spiro atoms. The van der Waals surface area contributed by atoms with Gasteiger partial charge < -0.3 is 14.8 Å². The predicted octanol–water partition coefficient (Wildman–Crippen LogP) is 3.06. The van der Waals surface area contributed by atoms with Crippen LogP contribution >= 0.6 is 0 Å². The summed E-state index contributed by atoms with van der Waals surface area (Å²) < 4.78 is 35.5. The fourth-order valence-electron chi connectivity index (χ4n) is 4.01.